The molecule has 0 amide bonds. The summed E-state index contributed by atoms with van der Waals surface area (Å²) in [5.74, 6) is 1.43. The Bertz CT molecular complexity index is 489. The topological polar surface area (TPSA) is 69.6 Å². The van der Waals surface area contributed by atoms with E-state index in [-0.39, 0.29) is 0 Å². The Morgan fingerprint density at radius 2 is 2.24 bits per heavy atom. The Kier molecular flexibility index (Phi) is 3.49. The highest BCUT2D eigenvalue weighted by atomic mass is 15.3. The molecule has 0 aliphatic heterocycles. The minimum absolute atomic E-state index is 0.437. The van der Waals surface area contributed by atoms with Gasteiger partial charge in [0.1, 0.15) is 6.33 Å². The zero-order chi connectivity index (χ0) is 12.3. The van der Waals surface area contributed by atoms with Gasteiger partial charge in [0.05, 0.1) is 5.69 Å². The number of nitrogens with zero attached hydrogens (tertiary/aromatic N) is 4. The molecule has 90 valence electrons. The van der Waals surface area contributed by atoms with Crippen LogP contribution in [0.15, 0.2) is 24.7 Å². The van der Waals surface area contributed by atoms with Crippen molar-refractivity contribution in [3.8, 4) is 11.4 Å². The lowest BCUT2D eigenvalue weighted by atomic mass is 10.2. The molecule has 0 spiro atoms. The summed E-state index contributed by atoms with van der Waals surface area (Å²) in [6.45, 7) is 5.68. The molecule has 0 bridgehead atoms. The molecule has 2 aromatic heterocycles. The Morgan fingerprint density at radius 1 is 1.41 bits per heavy atom. The fourth-order valence-corrected chi connectivity index (χ4v) is 1.73. The maximum Gasteiger partial charge on any atom is 0.163 e. The van der Waals surface area contributed by atoms with Gasteiger partial charge in [0, 0.05) is 24.8 Å². The summed E-state index contributed by atoms with van der Waals surface area (Å²) in [6.07, 6.45) is 3.52. The van der Waals surface area contributed by atoms with Crippen LogP contribution in [0.1, 0.15) is 19.5 Å². The SMILES string of the molecule is CC(C)Cn1cnnc1-c1ccnc(CN)c1. The van der Waals surface area contributed by atoms with Gasteiger partial charge in [0.15, 0.2) is 5.82 Å². The van der Waals surface area contributed by atoms with E-state index in [2.05, 4.69) is 33.6 Å². The highest BCUT2D eigenvalue weighted by Gasteiger charge is 2.09. The van der Waals surface area contributed by atoms with E-state index in [1.54, 1.807) is 12.5 Å². The molecule has 0 saturated carbocycles. The summed E-state index contributed by atoms with van der Waals surface area (Å²) in [4.78, 5) is 4.18. The minimum atomic E-state index is 0.437. The lowest BCUT2D eigenvalue weighted by Gasteiger charge is -2.09. The van der Waals surface area contributed by atoms with E-state index >= 15 is 0 Å². The van der Waals surface area contributed by atoms with Crippen LogP contribution in [-0.2, 0) is 13.1 Å². The lowest BCUT2D eigenvalue weighted by Crippen LogP contribution is -2.06. The fraction of sp³-hybridized carbons (Fsp3) is 0.417. The zero-order valence-electron chi connectivity index (χ0n) is 10.2. The predicted molar refractivity (Wildman–Crippen MR) is 66.0 cm³/mol. The van der Waals surface area contributed by atoms with Gasteiger partial charge in [-0.25, -0.2) is 0 Å². The third kappa shape index (κ3) is 2.68. The lowest BCUT2D eigenvalue weighted by molar-refractivity contribution is 0.525. The quantitative estimate of drug-likeness (QED) is 0.864. The summed E-state index contributed by atoms with van der Waals surface area (Å²) >= 11 is 0. The van der Waals surface area contributed by atoms with E-state index in [4.69, 9.17) is 5.73 Å². The fourth-order valence-electron chi connectivity index (χ4n) is 1.73. The third-order valence-electron chi connectivity index (χ3n) is 2.46. The molecule has 5 heteroatoms. The first-order chi connectivity index (χ1) is 8.20. The smallest absolute Gasteiger partial charge is 0.163 e. The number of aromatic nitrogens is 4. The number of hydrogen-bond donors (Lipinski definition) is 1. The molecule has 2 aromatic rings. The van der Waals surface area contributed by atoms with Crippen molar-refractivity contribution in [2.24, 2.45) is 11.7 Å². The molecule has 5 nitrogen and oxygen atoms in total. The van der Waals surface area contributed by atoms with E-state index < -0.39 is 0 Å². The van der Waals surface area contributed by atoms with Crippen molar-refractivity contribution in [1.29, 1.82) is 0 Å². The highest BCUT2D eigenvalue weighted by Crippen LogP contribution is 2.17. The van der Waals surface area contributed by atoms with Crippen molar-refractivity contribution in [2.75, 3.05) is 0 Å². The molecule has 0 aliphatic carbocycles. The van der Waals surface area contributed by atoms with E-state index in [1.165, 1.54) is 0 Å². The molecule has 0 fully saturated rings. The van der Waals surface area contributed by atoms with Gasteiger partial charge < -0.3 is 10.3 Å². The minimum Gasteiger partial charge on any atom is -0.325 e. The first kappa shape index (κ1) is 11.7. The van der Waals surface area contributed by atoms with Crippen LogP contribution in [0.25, 0.3) is 11.4 Å². The zero-order valence-corrected chi connectivity index (χ0v) is 10.2. The predicted octanol–water partition coefficient (Wildman–Crippen LogP) is 1.45. The van der Waals surface area contributed by atoms with Gasteiger partial charge in [-0.05, 0) is 18.1 Å². The van der Waals surface area contributed by atoms with Crippen molar-refractivity contribution in [2.45, 2.75) is 26.9 Å². The average Bonchev–Trinajstić information content (AvgIpc) is 2.76. The molecule has 17 heavy (non-hydrogen) atoms. The molecule has 2 rings (SSSR count). The Morgan fingerprint density at radius 3 is 2.94 bits per heavy atom. The van der Waals surface area contributed by atoms with Gasteiger partial charge in [0.25, 0.3) is 0 Å². The van der Waals surface area contributed by atoms with E-state index in [1.807, 2.05) is 12.1 Å². The van der Waals surface area contributed by atoms with Crippen LogP contribution in [0.5, 0.6) is 0 Å². The first-order valence-corrected chi connectivity index (χ1v) is 5.74. The Hall–Kier alpha value is -1.75. The number of hydrogen-bond acceptors (Lipinski definition) is 4. The van der Waals surface area contributed by atoms with Gasteiger partial charge in [-0.1, -0.05) is 13.8 Å². The summed E-state index contributed by atoms with van der Waals surface area (Å²) in [6, 6.07) is 3.89. The normalized spacial score (nSPS) is 11.1. The number of pyridine rings is 1. The molecule has 0 radical (unpaired) electrons. The van der Waals surface area contributed by atoms with Crippen LogP contribution in [0.4, 0.5) is 0 Å². The van der Waals surface area contributed by atoms with E-state index in [0.29, 0.717) is 12.5 Å². The standard InChI is InChI=1S/C12H17N5/c1-9(2)7-17-8-15-16-12(17)10-3-4-14-11(5-10)6-13/h3-5,8-9H,6-7,13H2,1-2H3. The van der Waals surface area contributed by atoms with Crippen LogP contribution >= 0.6 is 0 Å². The van der Waals surface area contributed by atoms with Gasteiger partial charge in [-0.15, -0.1) is 10.2 Å². The molecular weight excluding hydrogens is 214 g/mol. The molecule has 2 heterocycles. The average molecular weight is 231 g/mol. The van der Waals surface area contributed by atoms with Gasteiger partial charge in [-0.2, -0.15) is 0 Å². The van der Waals surface area contributed by atoms with Crippen LogP contribution in [0.3, 0.4) is 0 Å². The summed E-state index contributed by atoms with van der Waals surface area (Å²) in [5.41, 5.74) is 7.46. The molecule has 0 aliphatic rings. The van der Waals surface area contributed by atoms with Crippen molar-refractivity contribution >= 4 is 0 Å². The van der Waals surface area contributed by atoms with Crippen LogP contribution < -0.4 is 5.73 Å². The molecule has 0 aromatic carbocycles. The maximum atomic E-state index is 5.59. The second kappa shape index (κ2) is 5.05. The molecular formula is C12H17N5. The third-order valence-corrected chi connectivity index (χ3v) is 2.46. The van der Waals surface area contributed by atoms with Crippen molar-refractivity contribution in [3.05, 3.63) is 30.4 Å². The van der Waals surface area contributed by atoms with Crippen LogP contribution in [0, 0.1) is 5.92 Å². The Balaban J connectivity index is 2.35. The van der Waals surface area contributed by atoms with Gasteiger partial charge in [0.2, 0.25) is 0 Å². The highest BCUT2D eigenvalue weighted by molar-refractivity contribution is 5.54. The Labute approximate surface area is 101 Å². The van der Waals surface area contributed by atoms with E-state index in [9.17, 15) is 0 Å². The molecule has 0 atom stereocenters. The summed E-state index contributed by atoms with van der Waals surface area (Å²) in [7, 11) is 0. The van der Waals surface area contributed by atoms with Gasteiger partial charge >= 0.3 is 0 Å². The molecule has 2 N–H and O–H groups in total. The number of nitrogens with two attached hydrogens (primary N) is 1. The van der Waals surface area contributed by atoms with Crippen LogP contribution in [-0.4, -0.2) is 19.7 Å². The van der Waals surface area contributed by atoms with Crippen molar-refractivity contribution in [3.63, 3.8) is 0 Å². The van der Waals surface area contributed by atoms with Crippen LogP contribution in [0.2, 0.25) is 0 Å². The maximum absolute atomic E-state index is 5.59. The second-order valence-electron chi connectivity index (χ2n) is 4.44. The number of rotatable bonds is 4. The first-order valence-electron chi connectivity index (χ1n) is 5.74. The summed E-state index contributed by atoms with van der Waals surface area (Å²) in [5, 5.41) is 8.13. The summed E-state index contributed by atoms with van der Waals surface area (Å²) < 4.78 is 2.06. The monoisotopic (exact) mass is 231 g/mol. The molecule has 0 unspecified atom stereocenters. The second-order valence-corrected chi connectivity index (χ2v) is 4.44. The molecule has 0 saturated heterocycles. The largest absolute Gasteiger partial charge is 0.325 e. The van der Waals surface area contributed by atoms with Crippen molar-refractivity contribution in [1.82, 2.24) is 19.7 Å². The van der Waals surface area contributed by atoms with Gasteiger partial charge in [-0.3, -0.25) is 4.98 Å². The van der Waals surface area contributed by atoms with Crippen molar-refractivity contribution < 1.29 is 0 Å². The van der Waals surface area contributed by atoms with E-state index in [0.717, 1.165) is 23.6 Å².